The number of fused-ring (bicyclic) bond motifs is 1. The lowest BCUT2D eigenvalue weighted by molar-refractivity contribution is -0.157. The van der Waals surface area contributed by atoms with E-state index in [-0.39, 0.29) is 29.0 Å². The quantitative estimate of drug-likeness (QED) is 0.171. The van der Waals surface area contributed by atoms with Crippen LogP contribution in [0.5, 0.6) is 0 Å². The second-order valence-electron chi connectivity index (χ2n) is 7.01. The Hall–Kier alpha value is -3.72. The number of anilines is 1. The molecule has 3 heterocycles. The third-order valence-electron chi connectivity index (χ3n) is 4.65. The Balaban J connectivity index is 1.64. The summed E-state index contributed by atoms with van der Waals surface area (Å²) in [6, 6.07) is -0.959. The number of carbonyl (C=O) groups excluding carboxylic acids is 4. The fourth-order valence-corrected chi connectivity index (χ4v) is 5.29. The molecule has 13 nitrogen and oxygen atoms in total. The number of aliphatic carboxylic acids is 1. The van der Waals surface area contributed by atoms with Crippen molar-refractivity contribution in [3.05, 3.63) is 35.0 Å². The number of rotatable bonds is 10. The number of carbonyl (C=O) groups is 5. The molecule has 1 fully saturated rings. The van der Waals surface area contributed by atoms with Crippen LogP contribution in [0.3, 0.4) is 0 Å². The van der Waals surface area contributed by atoms with Crippen LogP contribution >= 0.6 is 23.1 Å². The van der Waals surface area contributed by atoms with E-state index in [0.29, 0.717) is 11.3 Å². The van der Waals surface area contributed by atoms with E-state index in [1.165, 1.54) is 30.1 Å². The molecule has 2 aliphatic heterocycles. The van der Waals surface area contributed by atoms with Gasteiger partial charge in [0.15, 0.2) is 5.13 Å². The average Bonchev–Trinajstić information content (AvgIpc) is 3.26. The van der Waals surface area contributed by atoms with Gasteiger partial charge in [-0.3, -0.25) is 19.3 Å². The van der Waals surface area contributed by atoms with Crippen LogP contribution in [0.4, 0.5) is 5.13 Å². The maximum Gasteiger partial charge on any atom is 0.356 e. The number of carboxylic acids is 1. The van der Waals surface area contributed by atoms with Gasteiger partial charge >= 0.3 is 11.9 Å². The van der Waals surface area contributed by atoms with Gasteiger partial charge < -0.3 is 25.3 Å². The van der Waals surface area contributed by atoms with Crippen LogP contribution < -0.4 is 10.6 Å². The summed E-state index contributed by atoms with van der Waals surface area (Å²) in [4.78, 5) is 70.2. The summed E-state index contributed by atoms with van der Waals surface area (Å²) >= 11 is 2.34. The third-order valence-corrected chi connectivity index (χ3v) is 6.73. The number of ether oxygens (including phenoxy) is 1. The molecule has 15 heteroatoms. The number of β-lactam (4-membered cyclic amide) rings is 1. The molecule has 0 saturated carbocycles. The number of allylic oxidation sites excluding steroid dienone is 1. The normalized spacial score (nSPS) is 19.9. The smallest absolute Gasteiger partial charge is 0.356 e. The summed E-state index contributed by atoms with van der Waals surface area (Å²) in [6.07, 6.45) is 0.727. The molecule has 0 bridgehead atoms. The minimum Gasteiger partial charge on any atom is -0.477 e. The summed E-state index contributed by atoms with van der Waals surface area (Å²) in [6.45, 7) is 6.53. The molecule has 3 unspecified atom stereocenters. The fourth-order valence-electron chi connectivity index (χ4n) is 3.18. The topological polar surface area (TPSA) is 177 Å². The number of oxime groups is 1. The van der Waals surface area contributed by atoms with Crippen molar-refractivity contribution in [2.24, 2.45) is 5.16 Å². The number of hydrogen-bond donors (Lipinski definition) is 3. The number of thiazole rings is 1. The molecule has 35 heavy (non-hydrogen) atoms. The number of nitrogens with zero attached hydrogens (tertiary/aromatic N) is 3. The lowest BCUT2D eigenvalue weighted by atomic mass is 10.0. The van der Waals surface area contributed by atoms with E-state index >= 15 is 0 Å². The molecule has 1 aromatic rings. The van der Waals surface area contributed by atoms with Crippen molar-refractivity contribution in [1.82, 2.24) is 15.2 Å². The first-order chi connectivity index (χ1) is 16.7. The minimum absolute atomic E-state index is 0.0608. The molecule has 3 amide bonds. The summed E-state index contributed by atoms with van der Waals surface area (Å²) in [5.74, 6) is -3.47. The van der Waals surface area contributed by atoms with Crippen LogP contribution in [-0.2, 0) is 33.5 Å². The first-order valence-electron chi connectivity index (χ1n) is 10.1. The number of amides is 3. The second-order valence-corrected chi connectivity index (χ2v) is 8.97. The van der Waals surface area contributed by atoms with Gasteiger partial charge in [0, 0.05) is 18.1 Å². The number of carboxylic acid groups (broad SMARTS) is 1. The Labute approximate surface area is 207 Å². The van der Waals surface area contributed by atoms with Crippen molar-refractivity contribution in [2.45, 2.75) is 31.4 Å². The van der Waals surface area contributed by atoms with Gasteiger partial charge in [-0.25, -0.2) is 14.6 Å². The molecule has 1 saturated heterocycles. The standard InChI is InChI=1S/C20H21N5O8S2/c1-4-10-7-34-17-13(16(28)25(17)14(10)18(29)30)24-12(27)6-21-33-15(19(31)32-5-2)11-8-35-20(23-11)22-9(3)26/h4,6,8,13,15,17H,1,5,7H2,2-3H3,(H,24,27)(H,29,30)(H,22,23,26)/b21-6-. The average molecular weight is 524 g/mol. The molecule has 2 aliphatic rings. The van der Waals surface area contributed by atoms with Gasteiger partial charge in [0.05, 0.1) is 6.61 Å². The number of nitrogens with one attached hydrogen (secondary N) is 2. The molecule has 3 atom stereocenters. The Kier molecular flexibility index (Phi) is 8.24. The van der Waals surface area contributed by atoms with Crippen molar-refractivity contribution in [3.63, 3.8) is 0 Å². The van der Waals surface area contributed by atoms with Crippen LogP contribution in [0.1, 0.15) is 25.6 Å². The Morgan fingerprint density at radius 1 is 1.43 bits per heavy atom. The summed E-state index contributed by atoms with van der Waals surface area (Å²) in [5.41, 5.74) is 0.375. The highest BCUT2D eigenvalue weighted by Crippen LogP contribution is 2.40. The molecule has 0 aromatic carbocycles. The second kappa shape index (κ2) is 11.1. The van der Waals surface area contributed by atoms with Gasteiger partial charge in [-0.2, -0.15) is 0 Å². The molecular formula is C20H21N5O8S2. The van der Waals surface area contributed by atoms with E-state index in [4.69, 9.17) is 9.57 Å². The molecule has 0 radical (unpaired) electrons. The third kappa shape index (κ3) is 5.68. The Morgan fingerprint density at radius 3 is 2.80 bits per heavy atom. The van der Waals surface area contributed by atoms with Gasteiger partial charge in [-0.1, -0.05) is 17.8 Å². The Bertz CT molecular complexity index is 1130. The molecule has 3 N–H and O–H groups in total. The van der Waals surface area contributed by atoms with E-state index in [9.17, 15) is 29.1 Å². The Morgan fingerprint density at radius 2 is 2.17 bits per heavy atom. The maximum absolute atomic E-state index is 12.5. The monoisotopic (exact) mass is 523 g/mol. The van der Waals surface area contributed by atoms with Gasteiger partial charge in [0.1, 0.15) is 29.0 Å². The van der Waals surface area contributed by atoms with E-state index in [1.807, 2.05) is 0 Å². The summed E-state index contributed by atoms with van der Waals surface area (Å²) < 4.78 is 4.94. The van der Waals surface area contributed by atoms with Crippen LogP contribution in [0.25, 0.3) is 0 Å². The van der Waals surface area contributed by atoms with Gasteiger partial charge in [-0.05, 0) is 12.5 Å². The molecule has 0 spiro atoms. The highest BCUT2D eigenvalue weighted by Gasteiger charge is 2.53. The number of aromatic nitrogens is 1. The number of esters is 1. The van der Waals surface area contributed by atoms with E-state index in [1.54, 1.807) is 6.92 Å². The van der Waals surface area contributed by atoms with Crippen molar-refractivity contribution in [2.75, 3.05) is 17.7 Å². The lowest BCUT2D eigenvalue weighted by Crippen LogP contribution is -2.70. The SMILES string of the molecule is C=CC1=C(C(=O)O)N2C(=O)C(NC(=O)/C=N\OC(C(=O)OCC)c3csc(NC(C)=O)n3)C2SC1. The zero-order valence-electron chi connectivity index (χ0n) is 18.5. The predicted molar refractivity (Wildman–Crippen MR) is 125 cm³/mol. The van der Waals surface area contributed by atoms with Gasteiger partial charge in [-0.15, -0.1) is 23.1 Å². The van der Waals surface area contributed by atoms with Crippen molar-refractivity contribution in [1.29, 1.82) is 0 Å². The first-order valence-corrected chi connectivity index (χ1v) is 12.0. The van der Waals surface area contributed by atoms with Crippen LogP contribution in [0.15, 0.2) is 34.5 Å². The van der Waals surface area contributed by atoms with Crippen molar-refractivity contribution in [3.8, 4) is 0 Å². The van der Waals surface area contributed by atoms with Crippen molar-refractivity contribution >= 4 is 64.1 Å². The first kappa shape index (κ1) is 25.9. The lowest BCUT2D eigenvalue weighted by Gasteiger charge is -2.49. The van der Waals surface area contributed by atoms with E-state index < -0.39 is 41.3 Å². The molecule has 0 aliphatic carbocycles. The van der Waals surface area contributed by atoms with Crippen molar-refractivity contribution < 1.29 is 38.7 Å². The van der Waals surface area contributed by atoms with Crippen LogP contribution in [0.2, 0.25) is 0 Å². The predicted octanol–water partition coefficient (Wildman–Crippen LogP) is 0.633. The van der Waals surface area contributed by atoms with Crippen LogP contribution in [0, 0.1) is 0 Å². The zero-order chi connectivity index (χ0) is 25.7. The highest BCUT2D eigenvalue weighted by molar-refractivity contribution is 8.00. The highest BCUT2D eigenvalue weighted by atomic mass is 32.2. The summed E-state index contributed by atoms with van der Waals surface area (Å²) in [5, 5.41) is 19.0. The zero-order valence-corrected chi connectivity index (χ0v) is 20.2. The molecule has 1 aromatic heterocycles. The molecular weight excluding hydrogens is 502 g/mol. The van der Waals surface area contributed by atoms with Gasteiger partial charge in [0.25, 0.3) is 17.9 Å². The largest absolute Gasteiger partial charge is 0.477 e. The number of thioether (sulfide) groups is 1. The fraction of sp³-hybridized carbons (Fsp3) is 0.350. The van der Waals surface area contributed by atoms with Gasteiger partial charge in [0.2, 0.25) is 5.91 Å². The summed E-state index contributed by atoms with van der Waals surface area (Å²) in [7, 11) is 0. The minimum atomic E-state index is -1.40. The maximum atomic E-state index is 12.5. The van der Waals surface area contributed by atoms with Crippen LogP contribution in [-0.4, -0.2) is 74.6 Å². The number of hydrogen-bond acceptors (Lipinski definition) is 11. The van der Waals surface area contributed by atoms with E-state index in [2.05, 4.69) is 27.4 Å². The van der Waals surface area contributed by atoms with E-state index in [0.717, 1.165) is 22.5 Å². The molecule has 186 valence electrons. The molecule has 3 rings (SSSR count).